The lowest BCUT2D eigenvalue weighted by Gasteiger charge is -2.37. The lowest BCUT2D eigenvalue weighted by Crippen LogP contribution is -2.47. The Kier molecular flexibility index (Phi) is 7.04. The number of likely N-dealkylation sites (tertiary alicyclic amines) is 2. The third-order valence-electron chi connectivity index (χ3n) is 6.37. The molecule has 2 saturated heterocycles. The molecule has 9 heteroatoms. The van der Waals surface area contributed by atoms with Gasteiger partial charge in [0, 0.05) is 25.2 Å². The van der Waals surface area contributed by atoms with Gasteiger partial charge in [-0.15, -0.1) is 0 Å². The second-order valence-corrected chi connectivity index (χ2v) is 8.44. The van der Waals surface area contributed by atoms with E-state index in [1.807, 2.05) is 29.2 Å². The van der Waals surface area contributed by atoms with Crippen molar-refractivity contribution < 1.29 is 23.6 Å². The van der Waals surface area contributed by atoms with Gasteiger partial charge in [-0.05, 0) is 56.5 Å². The molecule has 1 atom stereocenters. The van der Waals surface area contributed by atoms with Crippen LogP contribution in [0.2, 0.25) is 0 Å². The zero-order chi connectivity index (χ0) is 22.5. The summed E-state index contributed by atoms with van der Waals surface area (Å²) in [5, 5.41) is 4.10. The van der Waals surface area contributed by atoms with E-state index in [0.29, 0.717) is 50.7 Å². The van der Waals surface area contributed by atoms with E-state index in [1.54, 1.807) is 7.11 Å². The molecular weight excluding hydrogens is 412 g/mol. The summed E-state index contributed by atoms with van der Waals surface area (Å²) in [5.41, 5.74) is 0.864. The Bertz CT molecular complexity index is 921. The van der Waals surface area contributed by atoms with E-state index < -0.39 is 0 Å². The summed E-state index contributed by atoms with van der Waals surface area (Å²) in [7, 11) is 3.04. The molecule has 0 saturated carbocycles. The van der Waals surface area contributed by atoms with Gasteiger partial charge in [0.05, 0.1) is 32.6 Å². The van der Waals surface area contributed by atoms with Gasteiger partial charge in [0.25, 0.3) is 0 Å². The number of hydrogen-bond donors (Lipinski definition) is 0. The van der Waals surface area contributed by atoms with E-state index >= 15 is 0 Å². The molecule has 2 aliphatic rings. The molecule has 3 heterocycles. The first kappa shape index (κ1) is 22.3. The molecule has 0 spiro atoms. The van der Waals surface area contributed by atoms with Crippen molar-refractivity contribution in [1.29, 1.82) is 0 Å². The maximum Gasteiger partial charge on any atom is 0.308 e. The van der Waals surface area contributed by atoms with Crippen LogP contribution in [0.5, 0.6) is 5.75 Å². The molecule has 0 radical (unpaired) electrons. The highest BCUT2D eigenvalue weighted by Gasteiger charge is 2.33. The standard InChI is InChI=1S/C23H30N4O5/c1-30-19-7-5-16(6-8-19)21-24-20(32-25-21)15-26-11-3-4-18(14-26)22(28)27-12-9-17(10-13-27)23(29)31-2/h5-8,17-18H,3-4,9-15H2,1-2H3. The third kappa shape index (κ3) is 5.09. The van der Waals surface area contributed by atoms with Crippen molar-refractivity contribution in [3.63, 3.8) is 0 Å². The number of piperidine rings is 2. The van der Waals surface area contributed by atoms with Gasteiger partial charge in [-0.1, -0.05) is 5.16 Å². The summed E-state index contributed by atoms with van der Waals surface area (Å²) < 4.78 is 15.5. The predicted octanol–water partition coefficient (Wildman–Crippen LogP) is 2.37. The summed E-state index contributed by atoms with van der Waals surface area (Å²) in [6.07, 6.45) is 3.18. The molecule has 1 amide bonds. The lowest BCUT2D eigenvalue weighted by atomic mass is 9.93. The number of carbonyl (C=O) groups is 2. The van der Waals surface area contributed by atoms with Crippen molar-refractivity contribution in [2.75, 3.05) is 40.4 Å². The van der Waals surface area contributed by atoms with Gasteiger partial charge in [-0.3, -0.25) is 14.5 Å². The molecule has 0 N–H and O–H groups in total. The molecule has 0 aliphatic carbocycles. The van der Waals surface area contributed by atoms with Crippen molar-refractivity contribution in [1.82, 2.24) is 19.9 Å². The molecule has 1 aromatic heterocycles. The molecule has 172 valence electrons. The number of nitrogens with zero attached hydrogens (tertiary/aromatic N) is 4. The van der Waals surface area contributed by atoms with Crippen LogP contribution in [0.3, 0.4) is 0 Å². The average Bonchev–Trinajstić information content (AvgIpc) is 3.31. The number of esters is 1. The van der Waals surface area contributed by atoms with E-state index in [1.165, 1.54) is 7.11 Å². The van der Waals surface area contributed by atoms with Crippen molar-refractivity contribution in [2.24, 2.45) is 11.8 Å². The number of methoxy groups -OCH3 is 2. The molecule has 2 fully saturated rings. The highest BCUT2D eigenvalue weighted by molar-refractivity contribution is 5.80. The molecule has 9 nitrogen and oxygen atoms in total. The second kappa shape index (κ2) is 10.1. The maximum atomic E-state index is 13.1. The minimum absolute atomic E-state index is 0.0394. The Morgan fingerprint density at radius 3 is 2.50 bits per heavy atom. The Labute approximate surface area is 187 Å². The molecule has 32 heavy (non-hydrogen) atoms. The minimum atomic E-state index is -0.172. The minimum Gasteiger partial charge on any atom is -0.497 e. The van der Waals surface area contributed by atoms with Crippen LogP contribution in [0.4, 0.5) is 0 Å². The zero-order valence-corrected chi connectivity index (χ0v) is 18.7. The van der Waals surface area contributed by atoms with Crippen molar-refractivity contribution in [2.45, 2.75) is 32.2 Å². The van der Waals surface area contributed by atoms with Gasteiger partial charge in [0.15, 0.2) is 0 Å². The fourth-order valence-corrected chi connectivity index (χ4v) is 4.53. The van der Waals surface area contributed by atoms with Crippen LogP contribution in [-0.2, 0) is 20.9 Å². The predicted molar refractivity (Wildman–Crippen MR) is 116 cm³/mol. The Hall–Kier alpha value is -2.94. The lowest BCUT2D eigenvalue weighted by molar-refractivity contribution is -0.150. The maximum absolute atomic E-state index is 13.1. The molecular formula is C23H30N4O5. The average molecular weight is 443 g/mol. The number of aromatic nitrogens is 2. The van der Waals surface area contributed by atoms with E-state index in [2.05, 4.69) is 15.0 Å². The molecule has 1 aromatic carbocycles. The fourth-order valence-electron chi connectivity index (χ4n) is 4.53. The van der Waals surface area contributed by atoms with Crippen molar-refractivity contribution in [3.05, 3.63) is 30.2 Å². The molecule has 1 unspecified atom stereocenters. The van der Waals surface area contributed by atoms with Crippen molar-refractivity contribution >= 4 is 11.9 Å². The molecule has 4 rings (SSSR count). The smallest absolute Gasteiger partial charge is 0.308 e. The van der Waals surface area contributed by atoms with Crippen LogP contribution < -0.4 is 4.74 Å². The van der Waals surface area contributed by atoms with Crippen LogP contribution in [0.15, 0.2) is 28.8 Å². The van der Waals surface area contributed by atoms with Crippen molar-refractivity contribution in [3.8, 4) is 17.1 Å². The zero-order valence-electron chi connectivity index (χ0n) is 18.7. The molecule has 0 bridgehead atoms. The van der Waals surface area contributed by atoms with Gasteiger partial charge in [-0.2, -0.15) is 4.98 Å². The molecule has 2 aliphatic heterocycles. The number of ether oxygens (including phenoxy) is 2. The topological polar surface area (TPSA) is 98.0 Å². The Balaban J connectivity index is 1.31. The summed E-state index contributed by atoms with van der Waals surface area (Å²) in [6, 6.07) is 7.51. The third-order valence-corrected chi connectivity index (χ3v) is 6.37. The number of hydrogen-bond acceptors (Lipinski definition) is 8. The van der Waals surface area contributed by atoms with Crippen LogP contribution in [0, 0.1) is 11.8 Å². The number of benzene rings is 1. The monoisotopic (exact) mass is 442 g/mol. The second-order valence-electron chi connectivity index (χ2n) is 8.44. The number of amides is 1. The Morgan fingerprint density at radius 1 is 1.06 bits per heavy atom. The normalized spacial score (nSPS) is 20.2. The first-order valence-corrected chi connectivity index (χ1v) is 11.1. The van der Waals surface area contributed by atoms with Gasteiger partial charge >= 0.3 is 5.97 Å². The van der Waals surface area contributed by atoms with Gasteiger partial charge in [0.2, 0.25) is 17.6 Å². The highest BCUT2D eigenvalue weighted by Crippen LogP contribution is 2.25. The summed E-state index contributed by atoms with van der Waals surface area (Å²) in [4.78, 5) is 33.4. The highest BCUT2D eigenvalue weighted by atomic mass is 16.5. The van der Waals surface area contributed by atoms with E-state index in [4.69, 9.17) is 14.0 Å². The molecule has 2 aromatic rings. The summed E-state index contributed by atoms with van der Waals surface area (Å²) >= 11 is 0. The van der Waals surface area contributed by atoms with Crippen LogP contribution in [-0.4, -0.2) is 72.2 Å². The largest absolute Gasteiger partial charge is 0.497 e. The van der Waals surface area contributed by atoms with Crippen LogP contribution >= 0.6 is 0 Å². The Morgan fingerprint density at radius 2 is 1.81 bits per heavy atom. The van der Waals surface area contributed by atoms with E-state index in [9.17, 15) is 9.59 Å². The number of carbonyl (C=O) groups excluding carboxylic acids is 2. The van der Waals surface area contributed by atoms with E-state index in [-0.39, 0.29) is 23.7 Å². The van der Waals surface area contributed by atoms with Gasteiger partial charge < -0.3 is 18.9 Å². The van der Waals surface area contributed by atoms with Crippen LogP contribution in [0.1, 0.15) is 31.6 Å². The van der Waals surface area contributed by atoms with Gasteiger partial charge in [-0.25, -0.2) is 0 Å². The SMILES string of the molecule is COC(=O)C1CCN(C(=O)C2CCCN(Cc3nc(-c4ccc(OC)cc4)no3)C2)CC1. The quantitative estimate of drug-likeness (QED) is 0.629. The van der Waals surface area contributed by atoms with Gasteiger partial charge in [0.1, 0.15) is 5.75 Å². The fraction of sp³-hybridized carbons (Fsp3) is 0.565. The van der Waals surface area contributed by atoms with E-state index in [0.717, 1.165) is 30.7 Å². The number of rotatable bonds is 6. The summed E-state index contributed by atoms with van der Waals surface area (Å²) in [6.45, 7) is 3.33. The summed E-state index contributed by atoms with van der Waals surface area (Å²) in [5.74, 6) is 1.74. The van der Waals surface area contributed by atoms with Crippen LogP contribution in [0.25, 0.3) is 11.4 Å². The first-order valence-electron chi connectivity index (χ1n) is 11.1. The first-order chi connectivity index (χ1) is 15.6.